The van der Waals surface area contributed by atoms with Crippen molar-refractivity contribution in [2.24, 2.45) is 5.92 Å². The molecule has 5 rings (SSSR count). The summed E-state index contributed by atoms with van der Waals surface area (Å²) in [5.74, 6) is 3.60. The number of ether oxygens (including phenoxy) is 1. The first kappa shape index (κ1) is 16.0. The minimum Gasteiger partial charge on any atom is -0.472 e. The van der Waals surface area contributed by atoms with Crippen molar-refractivity contribution >= 4 is 5.82 Å². The Hall–Kier alpha value is -2.18. The maximum Gasteiger partial charge on any atom is 0.257 e. The van der Waals surface area contributed by atoms with Gasteiger partial charge in [0.1, 0.15) is 6.10 Å². The zero-order valence-electron chi connectivity index (χ0n) is 15.2. The summed E-state index contributed by atoms with van der Waals surface area (Å²) in [6, 6.07) is 0. The second kappa shape index (κ2) is 6.21. The molecule has 0 bridgehead atoms. The third-order valence-corrected chi connectivity index (χ3v) is 6.34. The molecule has 2 atom stereocenters. The Balaban J connectivity index is 1.44. The number of anilines is 1. The van der Waals surface area contributed by atoms with Crippen LogP contribution in [-0.4, -0.2) is 39.4 Å². The molecule has 7 heteroatoms. The predicted octanol–water partition coefficient (Wildman–Crippen LogP) is 2.91. The zero-order valence-corrected chi connectivity index (χ0v) is 15.2. The largest absolute Gasteiger partial charge is 0.472 e. The fourth-order valence-corrected chi connectivity index (χ4v) is 4.66. The highest BCUT2D eigenvalue weighted by Crippen LogP contribution is 2.51. The van der Waals surface area contributed by atoms with E-state index in [1.807, 2.05) is 6.92 Å². The minimum atomic E-state index is -0.0499. The quantitative estimate of drug-likeness (QED) is 0.816. The Bertz CT molecular complexity index is 790. The van der Waals surface area contributed by atoms with Crippen LogP contribution in [0.1, 0.15) is 57.2 Å². The molecule has 0 N–H and O–H groups in total. The van der Waals surface area contributed by atoms with Gasteiger partial charge in [0.2, 0.25) is 11.8 Å². The van der Waals surface area contributed by atoms with E-state index in [2.05, 4.69) is 25.1 Å². The van der Waals surface area contributed by atoms with Crippen molar-refractivity contribution in [1.29, 1.82) is 0 Å². The summed E-state index contributed by atoms with van der Waals surface area (Å²) in [6.45, 7) is 3.85. The molecule has 0 radical (unpaired) electrons. The molecule has 26 heavy (non-hydrogen) atoms. The van der Waals surface area contributed by atoms with E-state index >= 15 is 0 Å². The molecule has 2 aromatic heterocycles. The third kappa shape index (κ3) is 2.47. The van der Waals surface area contributed by atoms with E-state index in [0.29, 0.717) is 17.9 Å². The van der Waals surface area contributed by atoms with Gasteiger partial charge in [0, 0.05) is 31.9 Å². The lowest BCUT2D eigenvalue weighted by Gasteiger charge is -2.28. The van der Waals surface area contributed by atoms with Gasteiger partial charge >= 0.3 is 0 Å². The van der Waals surface area contributed by atoms with Crippen LogP contribution in [0.15, 0.2) is 16.8 Å². The van der Waals surface area contributed by atoms with Crippen LogP contribution in [0.25, 0.3) is 0 Å². The minimum absolute atomic E-state index is 0.0499. The first-order valence-electron chi connectivity index (χ1n) is 9.84. The summed E-state index contributed by atoms with van der Waals surface area (Å²) in [5, 5.41) is 8.63. The molecule has 7 nitrogen and oxygen atoms in total. The maximum absolute atomic E-state index is 6.11. The number of aromatic nitrogens is 4. The van der Waals surface area contributed by atoms with Crippen LogP contribution >= 0.6 is 0 Å². The summed E-state index contributed by atoms with van der Waals surface area (Å²) < 4.78 is 12.1. The van der Waals surface area contributed by atoms with Gasteiger partial charge in [0.25, 0.3) is 5.88 Å². The van der Waals surface area contributed by atoms with E-state index in [-0.39, 0.29) is 5.41 Å². The second-order valence-electron chi connectivity index (χ2n) is 7.84. The van der Waals surface area contributed by atoms with Crippen molar-refractivity contribution in [3.05, 3.63) is 24.2 Å². The molecule has 0 aromatic carbocycles. The van der Waals surface area contributed by atoms with E-state index in [0.717, 1.165) is 56.4 Å². The average molecular weight is 355 g/mol. The number of aryl methyl sites for hydroxylation is 1. The number of hydrogen-bond acceptors (Lipinski definition) is 7. The van der Waals surface area contributed by atoms with E-state index in [4.69, 9.17) is 9.15 Å². The first-order valence-corrected chi connectivity index (χ1v) is 9.84. The van der Waals surface area contributed by atoms with E-state index in [1.165, 1.54) is 19.3 Å². The Kier molecular flexibility index (Phi) is 3.83. The van der Waals surface area contributed by atoms with Crippen molar-refractivity contribution in [2.75, 3.05) is 18.0 Å². The number of hydrogen-bond donors (Lipinski definition) is 0. The zero-order chi connectivity index (χ0) is 17.6. The normalized spacial score (nSPS) is 28.2. The Morgan fingerprint density at radius 2 is 2.08 bits per heavy atom. The third-order valence-electron chi connectivity index (χ3n) is 6.34. The van der Waals surface area contributed by atoms with Gasteiger partial charge in [-0.3, -0.25) is 0 Å². The molecule has 138 valence electrons. The fraction of sp³-hybridized carbons (Fsp3) is 0.684. The maximum atomic E-state index is 6.11. The van der Waals surface area contributed by atoms with Crippen molar-refractivity contribution in [3.63, 3.8) is 0 Å². The standard InChI is InChI=1S/C19H25N5O2/c1-2-15-22-23-18(26-15)19-8-4-5-13(19)11-24(12-19)16-17(21-10-9-20-16)25-14-6-3-7-14/h9-10,13-14H,2-8,11-12H2,1H3/t13-,19-/m0/s1. The van der Waals surface area contributed by atoms with Gasteiger partial charge in [-0.2, -0.15) is 0 Å². The van der Waals surface area contributed by atoms with Gasteiger partial charge in [-0.25, -0.2) is 9.97 Å². The lowest BCUT2D eigenvalue weighted by atomic mass is 9.80. The van der Waals surface area contributed by atoms with E-state index < -0.39 is 0 Å². The molecule has 3 heterocycles. The SMILES string of the molecule is CCc1nnc([C@]23CCC[C@H]2CN(c2nccnc2OC2CCC2)C3)o1. The summed E-state index contributed by atoms with van der Waals surface area (Å²) in [5.41, 5.74) is -0.0499. The van der Waals surface area contributed by atoms with Crippen LogP contribution in [0, 0.1) is 5.92 Å². The van der Waals surface area contributed by atoms with Crippen molar-refractivity contribution < 1.29 is 9.15 Å². The van der Waals surface area contributed by atoms with Gasteiger partial charge < -0.3 is 14.1 Å². The second-order valence-corrected chi connectivity index (χ2v) is 7.84. The van der Waals surface area contributed by atoms with Crippen LogP contribution in [0.2, 0.25) is 0 Å². The Morgan fingerprint density at radius 3 is 2.85 bits per heavy atom. The van der Waals surface area contributed by atoms with Crippen LogP contribution in [0.4, 0.5) is 5.82 Å². The van der Waals surface area contributed by atoms with Crippen molar-refractivity contribution in [1.82, 2.24) is 20.2 Å². The lowest BCUT2D eigenvalue weighted by molar-refractivity contribution is 0.114. The summed E-state index contributed by atoms with van der Waals surface area (Å²) in [6.07, 6.45) is 11.5. The Morgan fingerprint density at radius 1 is 1.19 bits per heavy atom. The summed E-state index contributed by atoms with van der Waals surface area (Å²) in [7, 11) is 0. The van der Waals surface area contributed by atoms with Crippen molar-refractivity contribution in [3.8, 4) is 5.88 Å². The molecule has 3 fully saturated rings. The number of nitrogens with zero attached hydrogens (tertiary/aromatic N) is 5. The van der Waals surface area contributed by atoms with Gasteiger partial charge in [-0.15, -0.1) is 10.2 Å². The molecule has 2 aromatic rings. The van der Waals surface area contributed by atoms with Crippen LogP contribution in [-0.2, 0) is 11.8 Å². The molecule has 0 unspecified atom stereocenters. The first-order chi connectivity index (χ1) is 12.8. The molecule has 1 aliphatic heterocycles. The van der Waals surface area contributed by atoms with E-state index in [9.17, 15) is 0 Å². The smallest absolute Gasteiger partial charge is 0.257 e. The predicted molar refractivity (Wildman–Crippen MR) is 95.2 cm³/mol. The number of fused-ring (bicyclic) bond motifs is 1. The van der Waals surface area contributed by atoms with Gasteiger partial charge in [0.15, 0.2) is 5.82 Å². The van der Waals surface area contributed by atoms with Crippen LogP contribution < -0.4 is 9.64 Å². The average Bonchev–Trinajstić information content (AvgIpc) is 3.31. The van der Waals surface area contributed by atoms with Gasteiger partial charge in [-0.1, -0.05) is 13.3 Å². The van der Waals surface area contributed by atoms with Crippen LogP contribution in [0.3, 0.4) is 0 Å². The molecule has 3 aliphatic rings. The Labute approximate surface area is 153 Å². The molecule has 0 amide bonds. The topological polar surface area (TPSA) is 77.2 Å². The lowest BCUT2D eigenvalue weighted by Crippen LogP contribution is -2.33. The molecule has 1 saturated heterocycles. The molecular weight excluding hydrogens is 330 g/mol. The van der Waals surface area contributed by atoms with Crippen LogP contribution in [0.5, 0.6) is 5.88 Å². The van der Waals surface area contributed by atoms with Gasteiger partial charge in [-0.05, 0) is 38.0 Å². The fourth-order valence-electron chi connectivity index (χ4n) is 4.66. The molecule has 0 spiro atoms. The monoisotopic (exact) mass is 355 g/mol. The van der Waals surface area contributed by atoms with Crippen molar-refractivity contribution in [2.45, 2.75) is 63.4 Å². The molecule has 2 saturated carbocycles. The molecule has 2 aliphatic carbocycles. The summed E-state index contributed by atoms with van der Waals surface area (Å²) in [4.78, 5) is 11.4. The van der Waals surface area contributed by atoms with Gasteiger partial charge in [0.05, 0.1) is 5.41 Å². The highest BCUT2D eigenvalue weighted by molar-refractivity contribution is 5.51. The number of rotatable bonds is 5. The summed E-state index contributed by atoms with van der Waals surface area (Å²) >= 11 is 0. The highest BCUT2D eigenvalue weighted by atomic mass is 16.5. The highest BCUT2D eigenvalue weighted by Gasteiger charge is 2.54. The molecular formula is C19H25N5O2. The van der Waals surface area contributed by atoms with E-state index in [1.54, 1.807) is 12.4 Å².